The zero-order valence-electron chi connectivity index (χ0n) is 9.81. The van der Waals surface area contributed by atoms with Crippen LogP contribution >= 0.6 is 11.3 Å². The lowest BCUT2D eigenvalue weighted by Gasteiger charge is -2.11. The van der Waals surface area contributed by atoms with Crippen LogP contribution in [-0.2, 0) is 0 Å². The van der Waals surface area contributed by atoms with Gasteiger partial charge in [-0.25, -0.2) is 8.78 Å². The summed E-state index contributed by atoms with van der Waals surface area (Å²) in [7, 11) is 0. The van der Waals surface area contributed by atoms with E-state index in [0.29, 0.717) is 5.56 Å². The van der Waals surface area contributed by atoms with Crippen molar-refractivity contribution in [3.05, 3.63) is 70.6 Å². The lowest BCUT2D eigenvalue weighted by atomic mass is 10.0. The average Bonchev–Trinajstić information content (AvgIpc) is 2.84. The molecule has 1 unspecified atom stereocenters. The molecule has 19 heavy (non-hydrogen) atoms. The van der Waals surface area contributed by atoms with Crippen LogP contribution in [0.25, 0.3) is 10.1 Å². The zero-order valence-corrected chi connectivity index (χ0v) is 10.6. The van der Waals surface area contributed by atoms with Crippen LogP contribution in [0.15, 0.2) is 47.8 Å². The summed E-state index contributed by atoms with van der Waals surface area (Å²) >= 11 is 1.47. The molecule has 0 radical (unpaired) electrons. The van der Waals surface area contributed by atoms with Crippen LogP contribution in [0.2, 0.25) is 0 Å². The third kappa shape index (κ3) is 2.13. The second-order valence-electron chi connectivity index (χ2n) is 4.26. The first-order valence-electron chi connectivity index (χ1n) is 5.76. The van der Waals surface area contributed by atoms with Gasteiger partial charge in [-0.05, 0) is 35.0 Å². The highest BCUT2D eigenvalue weighted by molar-refractivity contribution is 7.17. The summed E-state index contributed by atoms with van der Waals surface area (Å²) in [5.41, 5.74) is 0.564. The summed E-state index contributed by atoms with van der Waals surface area (Å²) in [5, 5.41) is 12.9. The topological polar surface area (TPSA) is 20.2 Å². The maximum absolute atomic E-state index is 13.7. The molecule has 1 heterocycles. The van der Waals surface area contributed by atoms with Gasteiger partial charge in [0.2, 0.25) is 0 Å². The first kappa shape index (κ1) is 12.3. The maximum Gasteiger partial charge on any atom is 0.129 e. The summed E-state index contributed by atoms with van der Waals surface area (Å²) in [6.07, 6.45) is -1.16. The van der Waals surface area contributed by atoms with E-state index in [4.69, 9.17) is 0 Å². The van der Waals surface area contributed by atoms with E-state index >= 15 is 0 Å². The summed E-state index contributed by atoms with van der Waals surface area (Å²) in [6.45, 7) is 0. The van der Waals surface area contributed by atoms with Crippen molar-refractivity contribution >= 4 is 21.4 Å². The maximum atomic E-state index is 13.7. The molecule has 4 heteroatoms. The smallest absolute Gasteiger partial charge is 0.129 e. The molecule has 0 aliphatic heterocycles. The Bertz CT molecular complexity index is 736. The van der Waals surface area contributed by atoms with Gasteiger partial charge in [0.25, 0.3) is 0 Å². The van der Waals surface area contributed by atoms with Crippen molar-refractivity contribution in [3.8, 4) is 0 Å². The molecule has 0 fully saturated rings. The number of aliphatic hydroxyl groups excluding tert-OH is 1. The molecule has 1 atom stereocenters. The van der Waals surface area contributed by atoms with Crippen molar-refractivity contribution in [2.75, 3.05) is 0 Å². The van der Waals surface area contributed by atoms with Crippen LogP contribution < -0.4 is 0 Å². The molecule has 3 aromatic rings. The van der Waals surface area contributed by atoms with Gasteiger partial charge in [0.05, 0.1) is 0 Å². The van der Waals surface area contributed by atoms with Crippen LogP contribution in [-0.4, -0.2) is 5.11 Å². The Morgan fingerprint density at radius 3 is 2.63 bits per heavy atom. The number of hydrogen-bond acceptors (Lipinski definition) is 2. The molecule has 1 aromatic heterocycles. The quantitative estimate of drug-likeness (QED) is 0.741. The summed E-state index contributed by atoms with van der Waals surface area (Å²) in [5.74, 6) is -1.17. The number of benzene rings is 2. The van der Waals surface area contributed by atoms with Gasteiger partial charge in [0.15, 0.2) is 0 Å². The largest absolute Gasteiger partial charge is 0.383 e. The number of aliphatic hydroxyl groups is 1. The minimum Gasteiger partial charge on any atom is -0.383 e. The number of thiophene rings is 1. The fourth-order valence-electron chi connectivity index (χ4n) is 2.10. The van der Waals surface area contributed by atoms with Gasteiger partial charge in [-0.1, -0.05) is 18.2 Å². The Labute approximate surface area is 112 Å². The van der Waals surface area contributed by atoms with Crippen LogP contribution in [0.3, 0.4) is 0 Å². The summed E-state index contributed by atoms with van der Waals surface area (Å²) < 4.78 is 27.9. The van der Waals surface area contributed by atoms with Crippen molar-refractivity contribution < 1.29 is 13.9 Å². The Morgan fingerprint density at radius 1 is 1.00 bits per heavy atom. The van der Waals surface area contributed by atoms with Crippen molar-refractivity contribution in [2.45, 2.75) is 6.10 Å². The average molecular weight is 276 g/mol. The minimum absolute atomic E-state index is 0.0384. The molecule has 0 bridgehead atoms. The normalized spacial score (nSPS) is 12.8. The number of halogens is 2. The Kier molecular flexibility index (Phi) is 3.05. The number of fused-ring (bicyclic) bond motifs is 1. The third-order valence-electron chi connectivity index (χ3n) is 3.06. The highest BCUT2D eigenvalue weighted by Gasteiger charge is 2.19. The van der Waals surface area contributed by atoms with E-state index < -0.39 is 17.7 Å². The highest BCUT2D eigenvalue weighted by atomic mass is 32.1. The zero-order chi connectivity index (χ0) is 13.4. The molecule has 0 aliphatic rings. The molecule has 0 amide bonds. The minimum atomic E-state index is -1.16. The van der Waals surface area contributed by atoms with E-state index in [9.17, 15) is 13.9 Å². The van der Waals surface area contributed by atoms with E-state index in [0.717, 1.165) is 28.3 Å². The van der Waals surface area contributed by atoms with Gasteiger partial charge < -0.3 is 5.11 Å². The second-order valence-corrected chi connectivity index (χ2v) is 5.17. The third-order valence-corrected chi connectivity index (χ3v) is 4.04. The standard InChI is InChI=1S/C15H10F2OS/c16-9-5-6-13(17)11(7-9)15(18)12-8-19-14-4-2-1-3-10(12)14/h1-8,15,18H. The Hall–Kier alpha value is -1.78. The number of rotatable bonds is 2. The van der Waals surface area contributed by atoms with E-state index in [1.807, 2.05) is 24.3 Å². The Morgan fingerprint density at radius 2 is 1.79 bits per heavy atom. The molecule has 96 valence electrons. The first-order chi connectivity index (χ1) is 9.16. The van der Waals surface area contributed by atoms with Crippen molar-refractivity contribution in [1.29, 1.82) is 0 Å². The predicted octanol–water partition coefficient (Wildman–Crippen LogP) is 4.26. The molecule has 1 nitrogen and oxygen atoms in total. The Balaban J connectivity index is 2.13. The van der Waals surface area contributed by atoms with Gasteiger partial charge in [-0.3, -0.25) is 0 Å². The van der Waals surface area contributed by atoms with E-state index in [1.165, 1.54) is 11.3 Å². The van der Waals surface area contributed by atoms with Crippen molar-refractivity contribution in [2.24, 2.45) is 0 Å². The SMILES string of the molecule is OC(c1cc(F)ccc1F)c1csc2ccccc12. The highest BCUT2D eigenvalue weighted by Crippen LogP contribution is 2.34. The van der Waals surface area contributed by atoms with E-state index in [1.54, 1.807) is 5.38 Å². The van der Waals surface area contributed by atoms with Gasteiger partial charge >= 0.3 is 0 Å². The number of hydrogen-bond donors (Lipinski definition) is 1. The van der Waals surface area contributed by atoms with Crippen LogP contribution in [0.5, 0.6) is 0 Å². The van der Waals surface area contributed by atoms with Gasteiger partial charge in [0.1, 0.15) is 17.7 Å². The predicted molar refractivity (Wildman–Crippen MR) is 72.2 cm³/mol. The summed E-state index contributed by atoms with van der Waals surface area (Å²) in [6, 6.07) is 10.6. The molecular weight excluding hydrogens is 266 g/mol. The molecule has 0 saturated heterocycles. The van der Waals surface area contributed by atoms with E-state index in [2.05, 4.69) is 0 Å². The molecule has 0 saturated carbocycles. The van der Waals surface area contributed by atoms with Crippen LogP contribution in [0, 0.1) is 11.6 Å². The van der Waals surface area contributed by atoms with Crippen LogP contribution in [0.4, 0.5) is 8.78 Å². The van der Waals surface area contributed by atoms with Crippen molar-refractivity contribution in [3.63, 3.8) is 0 Å². The van der Waals surface area contributed by atoms with Gasteiger partial charge in [-0.2, -0.15) is 0 Å². The van der Waals surface area contributed by atoms with E-state index in [-0.39, 0.29) is 5.56 Å². The molecule has 2 aromatic carbocycles. The monoisotopic (exact) mass is 276 g/mol. The molecular formula is C15H10F2OS. The molecule has 0 spiro atoms. The molecule has 1 N–H and O–H groups in total. The van der Waals surface area contributed by atoms with Crippen molar-refractivity contribution in [1.82, 2.24) is 0 Å². The lowest BCUT2D eigenvalue weighted by molar-refractivity contribution is 0.216. The molecule has 3 rings (SSSR count). The summed E-state index contributed by atoms with van der Waals surface area (Å²) in [4.78, 5) is 0. The fraction of sp³-hybridized carbons (Fsp3) is 0.0667. The fourth-order valence-corrected chi connectivity index (χ4v) is 3.08. The molecule has 0 aliphatic carbocycles. The lowest BCUT2D eigenvalue weighted by Crippen LogP contribution is -2.02. The van der Waals surface area contributed by atoms with Gasteiger partial charge in [-0.15, -0.1) is 11.3 Å². The second kappa shape index (κ2) is 4.72. The van der Waals surface area contributed by atoms with Crippen LogP contribution in [0.1, 0.15) is 17.2 Å². The first-order valence-corrected chi connectivity index (χ1v) is 6.64. The van der Waals surface area contributed by atoms with Gasteiger partial charge in [0, 0.05) is 15.8 Å².